The molecule has 3 aromatic rings. The average molecular weight is 349 g/mol. The standard InChI is InChI=1S/C21H23N3O2/c1-15-8-9-18(12-16(15)2)20-19(21(26)22-10-11-25)14-24(23-20)13-17-6-4-3-5-7-17/h3-9,12,14,25H,10-11,13H2,1-2H3,(H,22,26). The number of nitrogens with zero attached hydrogens (tertiary/aromatic N) is 2. The van der Waals surface area contributed by atoms with Gasteiger partial charge in [0.05, 0.1) is 18.7 Å². The van der Waals surface area contributed by atoms with E-state index in [1.54, 1.807) is 10.9 Å². The van der Waals surface area contributed by atoms with Gasteiger partial charge in [0.2, 0.25) is 0 Å². The molecule has 0 bridgehead atoms. The van der Waals surface area contributed by atoms with Gasteiger partial charge in [-0.3, -0.25) is 9.48 Å². The van der Waals surface area contributed by atoms with Crippen LogP contribution < -0.4 is 5.32 Å². The fraction of sp³-hybridized carbons (Fsp3) is 0.238. The van der Waals surface area contributed by atoms with Crippen LogP contribution >= 0.6 is 0 Å². The van der Waals surface area contributed by atoms with Crippen molar-refractivity contribution in [1.82, 2.24) is 15.1 Å². The molecule has 0 fully saturated rings. The average Bonchev–Trinajstić information content (AvgIpc) is 3.06. The first kappa shape index (κ1) is 17.9. The number of carbonyl (C=O) groups is 1. The third kappa shape index (κ3) is 4.00. The Bertz CT molecular complexity index is 901. The van der Waals surface area contributed by atoms with Crippen molar-refractivity contribution in [2.45, 2.75) is 20.4 Å². The van der Waals surface area contributed by atoms with Gasteiger partial charge >= 0.3 is 0 Å². The van der Waals surface area contributed by atoms with E-state index < -0.39 is 0 Å². The molecule has 5 nitrogen and oxygen atoms in total. The zero-order chi connectivity index (χ0) is 18.5. The first-order valence-electron chi connectivity index (χ1n) is 8.66. The molecule has 0 spiro atoms. The van der Waals surface area contributed by atoms with Gasteiger partial charge in [-0.05, 0) is 36.6 Å². The second kappa shape index (κ2) is 7.97. The molecule has 26 heavy (non-hydrogen) atoms. The van der Waals surface area contributed by atoms with Crippen LogP contribution in [-0.4, -0.2) is 33.9 Å². The minimum absolute atomic E-state index is 0.0944. The number of aromatic nitrogens is 2. The fourth-order valence-electron chi connectivity index (χ4n) is 2.81. The first-order chi connectivity index (χ1) is 12.6. The summed E-state index contributed by atoms with van der Waals surface area (Å²) >= 11 is 0. The van der Waals surface area contributed by atoms with Gasteiger partial charge in [0.15, 0.2) is 0 Å². The topological polar surface area (TPSA) is 67.2 Å². The van der Waals surface area contributed by atoms with Gasteiger partial charge in [-0.25, -0.2) is 0 Å². The van der Waals surface area contributed by atoms with E-state index in [9.17, 15) is 4.79 Å². The monoisotopic (exact) mass is 349 g/mol. The number of hydrogen-bond donors (Lipinski definition) is 2. The Morgan fingerprint density at radius 1 is 1.12 bits per heavy atom. The largest absolute Gasteiger partial charge is 0.395 e. The van der Waals surface area contributed by atoms with Crippen molar-refractivity contribution in [3.63, 3.8) is 0 Å². The highest BCUT2D eigenvalue weighted by molar-refractivity contribution is 5.99. The zero-order valence-electron chi connectivity index (χ0n) is 15.1. The molecule has 0 aliphatic rings. The molecular formula is C21H23N3O2. The van der Waals surface area contributed by atoms with Gasteiger partial charge in [0, 0.05) is 18.3 Å². The van der Waals surface area contributed by atoms with Gasteiger partial charge in [-0.15, -0.1) is 0 Å². The highest BCUT2D eigenvalue weighted by Gasteiger charge is 2.18. The van der Waals surface area contributed by atoms with Crippen LogP contribution in [0.25, 0.3) is 11.3 Å². The Labute approximate surface area is 153 Å². The predicted molar refractivity (Wildman–Crippen MR) is 102 cm³/mol. The maximum absolute atomic E-state index is 12.5. The summed E-state index contributed by atoms with van der Waals surface area (Å²) in [6.45, 7) is 4.82. The lowest BCUT2D eigenvalue weighted by Gasteiger charge is -2.06. The molecule has 1 aromatic heterocycles. The summed E-state index contributed by atoms with van der Waals surface area (Å²) < 4.78 is 1.79. The SMILES string of the molecule is Cc1ccc(-c2nn(Cc3ccccc3)cc2C(=O)NCCO)cc1C. The van der Waals surface area contributed by atoms with Crippen molar-refractivity contribution < 1.29 is 9.90 Å². The summed E-state index contributed by atoms with van der Waals surface area (Å²) in [4.78, 5) is 12.5. The first-order valence-corrected chi connectivity index (χ1v) is 8.66. The second-order valence-electron chi connectivity index (χ2n) is 6.35. The molecule has 5 heteroatoms. The second-order valence-corrected chi connectivity index (χ2v) is 6.35. The number of carbonyl (C=O) groups excluding carboxylic acids is 1. The van der Waals surface area contributed by atoms with E-state index in [0.29, 0.717) is 17.8 Å². The molecule has 0 atom stereocenters. The van der Waals surface area contributed by atoms with Crippen LogP contribution in [0, 0.1) is 13.8 Å². The maximum Gasteiger partial charge on any atom is 0.255 e. The van der Waals surface area contributed by atoms with Gasteiger partial charge in [-0.1, -0.05) is 42.5 Å². The van der Waals surface area contributed by atoms with Crippen molar-refractivity contribution in [2.75, 3.05) is 13.2 Å². The minimum Gasteiger partial charge on any atom is -0.395 e. The Morgan fingerprint density at radius 2 is 1.88 bits per heavy atom. The molecule has 0 aliphatic carbocycles. The summed E-state index contributed by atoms with van der Waals surface area (Å²) in [7, 11) is 0. The Kier molecular flexibility index (Phi) is 5.49. The normalized spacial score (nSPS) is 10.7. The van der Waals surface area contributed by atoms with Crippen LogP contribution in [0.1, 0.15) is 27.0 Å². The number of amides is 1. The number of aliphatic hydroxyl groups excluding tert-OH is 1. The minimum atomic E-state index is -0.230. The lowest BCUT2D eigenvalue weighted by Crippen LogP contribution is -2.26. The zero-order valence-corrected chi connectivity index (χ0v) is 15.1. The van der Waals surface area contributed by atoms with Crippen LogP contribution in [0.5, 0.6) is 0 Å². The Morgan fingerprint density at radius 3 is 2.58 bits per heavy atom. The molecule has 2 aromatic carbocycles. The van der Waals surface area contributed by atoms with E-state index in [4.69, 9.17) is 5.11 Å². The molecule has 1 amide bonds. The fourth-order valence-corrected chi connectivity index (χ4v) is 2.81. The van der Waals surface area contributed by atoms with Crippen molar-refractivity contribution in [1.29, 1.82) is 0 Å². The lowest BCUT2D eigenvalue weighted by molar-refractivity contribution is 0.0945. The summed E-state index contributed by atoms with van der Waals surface area (Å²) in [6.07, 6.45) is 1.77. The molecule has 0 unspecified atom stereocenters. The molecule has 0 radical (unpaired) electrons. The number of hydrogen-bond acceptors (Lipinski definition) is 3. The van der Waals surface area contributed by atoms with Crippen LogP contribution in [-0.2, 0) is 6.54 Å². The van der Waals surface area contributed by atoms with E-state index in [1.807, 2.05) is 55.5 Å². The number of aryl methyl sites for hydroxylation is 2. The van der Waals surface area contributed by atoms with E-state index in [2.05, 4.69) is 17.3 Å². The van der Waals surface area contributed by atoms with E-state index >= 15 is 0 Å². The molecule has 3 rings (SSSR count). The predicted octanol–water partition coefficient (Wildman–Crippen LogP) is 2.94. The van der Waals surface area contributed by atoms with E-state index in [-0.39, 0.29) is 19.1 Å². The molecule has 0 saturated carbocycles. The third-order valence-corrected chi connectivity index (χ3v) is 4.37. The quantitative estimate of drug-likeness (QED) is 0.719. The lowest BCUT2D eigenvalue weighted by atomic mass is 10.0. The molecule has 1 heterocycles. The maximum atomic E-state index is 12.5. The van der Waals surface area contributed by atoms with Gasteiger partial charge in [0.25, 0.3) is 5.91 Å². The van der Waals surface area contributed by atoms with Crippen molar-refractivity contribution in [3.8, 4) is 11.3 Å². The summed E-state index contributed by atoms with van der Waals surface area (Å²) in [5, 5.41) is 16.4. The highest BCUT2D eigenvalue weighted by atomic mass is 16.3. The number of rotatable bonds is 6. The van der Waals surface area contributed by atoms with Gasteiger partial charge in [0.1, 0.15) is 5.69 Å². The van der Waals surface area contributed by atoms with Crippen molar-refractivity contribution in [2.24, 2.45) is 0 Å². The number of aliphatic hydroxyl groups is 1. The van der Waals surface area contributed by atoms with Crippen LogP contribution in [0.2, 0.25) is 0 Å². The number of nitrogens with one attached hydrogen (secondary N) is 1. The smallest absolute Gasteiger partial charge is 0.255 e. The van der Waals surface area contributed by atoms with Crippen LogP contribution in [0.15, 0.2) is 54.7 Å². The van der Waals surface area contributed by atoms with Crippen LogP contribution in [0.4, 0.5) is 0 Å². The van der Waals surface area contributed by atoms with Gasteiger partial charge < -0.3 is 10.4 Å². The summed E-state index contributed by atoms with van der Waals surface area (Å²) in [5.41, 5.74) is 5.54. The summed E-state index contributed by atoms with van der Waals surface area (Å²) in [6, 6.07) is 16.1. The highest BCUT2D eigenvalue weighted by Crippen LogP contribution is 2.25. The molecular weight excluding hydrogens is 326 g/mol. The molecule has 0 saturated heterocycles. The van der Waals surface area contributed by atoms with E-state index in [1.165, 1.54) is 5.56 Å². The molecule has 2 N–H and O–H groups in total. The Hall–Kier alpha value is -2.92. The molecule has 0 aliphatic heterocycles. The van der Waals surface area contributed by atoms with E-state index in [0.717, 1.165) is 16.7 Å². The third-order valence-electron chi connectivity index (χ3n) is 4.37. The summed E-state index contributed by atoms with van der Waals surface area (Å²) in [5.74, 6) is -0.230. The molecule has 134 valence electrons. The van der Waals surface area contributed by atoms with Crippen molar-refractivity contribution >= 4 is 5.91 Å². The number of benzene rings is 2. The van der Waals surface area contributed by atoms with Crippen LogP contribution in [0.3, 0.4) is 0 Å². The van der Waals surface area contributed by atoms with Gasteiger partial charge in [-0.2, -0.15) is 5.10 Å². The van der Waals surface area contributed by atoms with Crippen molar-refractivity contribution in [3.05, 3.63) is 77.0 Å². The Balaban J connectivity index is 1.99.